The zero-order valence-corrected chi connectivity index (χ0v) is 14.5. The predicted octanol–water partition coefficient (Wildman–Crippen LogP) is 2.19. The highest BCUT2D eigenvalue weighted by molar-refractivity contribution is 8.00. The largest absolute Gasteiger partial charge is 0.348 e. The fraction of sp³-hybridized carbons (Fsp3) is 0.375. The predicted molar refractivity (Wildman–Crippen MR) is 95.5 cm³/mol. The molecule has 1 atom stereocenters. The minimum Gasteiger partial charge on any atom is -0.348 e. The zero-order valence-electron chi connectivity index (χ0n) is 12.8. The zero-order chi connectivity index (χ0) is 15.5. The average molecular weight is 354 g/mol. The van der Waals surface area contributed by atoms with Crippen molar-refractivity contribution in [2.45, 2.75) is 23.5 Å². The van der Waals surface area contributed by atoms with E-state index in [9.17, 15) is 9.59 Å². The van der Waals surface area contributed by atoms with E-state index in [-0.39, 0.29) is 29.5 Å². The maximum atomic E-state index is 12.2. The number of rotatable bonds is 3. The minimum absolute atomic E-state index is 0. The highest BCUT2D eigenvalue weighted by Crippen LogP contribution is 2.35. The smallest absolute Gasteiger partial charge is 0.251 e. The lowest BCUT2D eigenvalue weighted by Gasteiger charge is -2.21. The summed E-state index contributed by atoms with van der Waals surface area (Å²) in [4.78, 5) is 25.0. The van der Waals surface area contributed by atoms with E-state index in [0.717, 1.165) is 30.1 Å². The fourth-order valence-electron chi connectivity index (χ4n) is 2.48. The standard InChI is InChI=1S/C16H19N3O2S.ClH/c1-10-15(20)19-13-8-12(2-3-14(13)22-10)16(21)18-9-11-4-6-17-7-5-11;/h2-4,8,10,17H,5-7,9H2,1H3,(H,18,21)(H,19,20);1H. The third-order valence-corrected chi connectivity index (χ3v) is 4.98. The SMILES string of the molecule is CC1Sc2ccc(C(=O)NCC3=CCNCC3)cc2NC1=O.Cl. The van der Waals surface area contributed by atoms with E-state index >= 15 is 0 Å². The summed E-state index contributed by atoms with van der Waals surface area (Å²) in [5.41, 5.74) is 2.55. The van der Waals surface area contributed by atoms with Crippen LogP contribution in [0, 0.1) is 0 Å². The molecule has 2 aliphatic rings. The molecule has 2 amide bonds. The monoisotopic (exact) mass is 353 g/mol. The second kappa shape index (κ2) is 7.86. The third-order valence-electron chi connectivity index (χ3n) is 3.81. The summed E-state index contributed by atoms with van der Waals surface area (Å²) in [5.74, 6) is -0.130. The summed E-state index contributed by atoms with van der Waals surface area (Å²) in [7, 11) is 0. The normalized spacial score (nSPS) is 19.8. The summed E-state index contributed by atoms with van der Waals surface area (Å²) in [6.45, 7) is 4.28. The highest BCUT2D eigenvalue weighted by atomic mass is 35.5. The quantitative estimate of drug-likeness (QED) is 0.728. The molecule has 124 valence electrons. The van der Waals surface area contributed by atoms with Gasteiger partial charge in [-0.3, -0.25) is 9.59 Å². The molecule has 0 saturated carbocycles. The van der Waals surface area contributed by atoms with Crippen LogP contribution in [0.25, 0.3) is 0 Å². The van der Waals surface area contributed by atoms with Crippen molar-refractivity contribution >= 4 is 41.7 Å². The number of carbonyl (C=O) groups is 2. The Balaban J connectivity index is 0.00000192. The van der Waals surface area contributed by atoms with E-state index < -0.39 is 0 Å². The van der Waals surface area contributed by atoms with E-state index in [2.05, 4.69) is 22.0 Å². The lowest BCUT2D eigenvalue weighted by Crippen LogP contribution is -2.30. The Morgan fingerprint density at radius 2 is 2.26 bits per heavy atom. The molecule has 23 heavy (non-hydrogen) atoms. The number of anilines is 1. The first-order valence-electron chi connectivity index (χ1n) is 7.42. The average Bonchev–Trinajstić information content (AvgIpc) is 2.54. The highest BCUT2D eigenvalue weighted by Gasteiger charge is 2.23. The molecule has 2 aliphatic heterocycles. The van der Waals surface area contributed by atoms with Crippen LogP contribution < -0.4 is 16.0 Å². The molecular formula is C16H20ClN3O2S. The number of thioether (sulfide) groups is 1. The second-order valence-electron chi connectivity index (χ2n) is 5.46. The molecule has 0 spiro atoms. The van der Waals surface area contributed by atoms with Crippen LogP contribution in [0.1, 0.15) is 23.7 Å². The van der Waals surface area contributed by atoms with Gasteiger partial charge in [0.25, 0.3) is 5.91 Å². The van der Waals surface area contributed by atoms with E-state index in [0.29, 0.717) is 12.1 Å². The van der Waals surface area contributed by atoms with Crippen LogP contribution in [0.4, 0.5) is 5.69 Å². The van der Waals surface area contributed by atoms with Crippen molar-refractivity contribution in [1.29, 1.82) is 0 Å². The second-order valence-corrected chi connectivity index (χ2v) is 6.84. The van der Waals surface area contributed by atoms with Gasteiger partial charge in [-0.05, 0) is 38.1 Å². The molecule has 1 unspecified atom stereocenters. The molecule has 0 aromatic heterocycles. The van der Waals surface area contributed by atoms with Gasteiger partial charge in [0.1, 0.15) is 0 Å². The Morgan fingerprint density at radius 1 is 1.43 bits per heavy atom. The summed E-state index contributed by atoms with van der Waals surface area (Å²) in [6.07, 6.45) is 3.09. The Morgan fingerprint density at radius 3 is 3.00 bits per heavy atom. The Bertz CT molecular complexity index is 648. The summed E-state index contributed by atoms with van der Waals surface area (Å²) >= 11 is 1.52. The van der Waals surface area contributed by atoms with Gasteiger partial charge in [0.15, 0.2) is 0 Å². The van der Waals surface area contributed by atoms with Gasteiger partial charge in [-0.1, -0.05) is 11.6 Å². The van der Waals surface area contributed by atoms with E-state index in [1.54, 1.807) is 6.07 Å². The van der Waals surface area contributed by atoms with Gasteiger partial charge in [0, 0.05) is 23.5 Å². The summed E-state index contributed by atoms with van der Waals surface area (Å²) in [6, 6.07) is 5.45. The lowest BCUT2D eigenvalue weighted by molar-refractivity contribution is -0.115. The van der Waals surface area contributed by atoms with E-state index in [4.69, 9.17) is 0 Å². The maximum Gasteiger partial charge on any atom is 0.251 e. The van der Waals surface area contributed by atoms with Gasteiger partial charge in [0.05, 0.1) is 10.9 Å². The number of hydrogen-bond donors (Lipinski definition) is 3. The van der Waals surface area contributed by atoms with E-state index in [1.807, 2.05) is 19.1 Å². The van der Waals surface area contributed by atoms with Crippen molar-refractivity contribution in [2.75, 3.05) is 25.0 Å². The Labute approximate surface area is 146 Å². The summed E-state index contributed by atoms with van der Waals surface area (Å²) < 4.78 is 0. The summed E-state index contributed by atoms with van der Waals surface area (Å²) in [5, 5.41) is 8.94. The molecule has 0 aliphatic carbocycles. The molecule has 1 aromatic carbocycles. The third kappa shape index (κ3) is 4.28. The molecule has 0 fully saturated rings. The number of nitrogens with one attached hydrogen (secondary N) is 3. The number of halogens is 1. The van der Waals surface area contributed by atoms with Gasteiger partial charge < -0.3 is 16.0 Å². The van der Waals surface area contributed by atoms with Crippen LogP contribution in [0.5, 0.6) is 0 Å². The van der Waals surface area contributed by atoms with Crippen LogP contribution in [-0.4, -0.2) is 36.7 Å². The van der Waals surface area contributed by atoms with Crippen molar-refractivity contribution in [2.24, 2.45) is 0 Å². The van der Waals surface area contributed by atoms with Crippen molar-refractivity contribution in [3.8, 4) is 0 Å². The van der Waals surface area contributed by atoms with Gasteiger partial charge in [-0.25, -0.2) is 0 Å². The number of hydrogen-bond acceptors (Lipinski definition) is 4. The number of amides is 2. The van der Waals surface area contributed by atoms with Gasteiger partial charge in [-0.2, -0.15) is 0 Å². The van der Waals surface area contributed by atoms with Crippen LogP contribution in [0.15, 0.2) is 34.7 Å². The first-order chi connectivity index (χ1) is 10.6. The first-order valence-corrected chi connectivity index (χ1v) is 8.30. The van der Waals surface area contributed by atoms with Crippen molar-refractivity contribution in [1.82, 2.24) is 10.6 Å². The molecule has 3 rings (SSSR count). The molecule has 0 saturated heterocycles. The molecule has 2 heterocycles. The van der Waals surface area contributed by atoms with Gasteiger partial charge >= 0.3 is 0 Å². The first kappa shape index (κ1) is 17.8. The van der Waals surface area contributed by atoms with Crippen LogP contribution in [0.3, 0.4) is 0 Å². The fourth-order valence-corrected chi connectivity index (χ4v) is 3.41. The molecule has 5 nitrogen and oxygen atoms in total. The number of benzene rings is 1. The Hall–Kier alpha value is -1.50. The van der Waals surface area contributed by atoms with Crippen molar-refractivity contribution in [3.05, 3.63) is 35.4 Å². The van der Waals surface area contributed by atoms with Crippen LogP contribution in [0.2, 0.25) is 0 Å². The van der Waals surface area contributed by atoms with E-state index in [1.165, 1.54) is 17.3 Å². The lowest BCUT2D eigenvalue weighted by atomic mass is 10.1. The molecule has 1 aromatic rings. The van der Waals surface area contributed by atoms with Crippen molar-refractivity contribution in [3.63, 3.8) is 0 Å². The number of carbonyl (C=O) groups excluding carboxylic acids is 2. The topological polar surface area (TPSA) is 70.2 Å². The molecule has 7 heteroatoms. The number of fused-ring (bicyclic) bond motifs is 1. The van der Waals surface area contributed by atoms with Gasteiger partial charge in [0.2, 0.25) is 5.91 Å². The minimum atomic E-state index is -0.111. The molecule has 0 bridgehead atoms. The molecular weight excluding hydrogens is 334 g/mol. The van der Waals surface area contributed by atoms with Gasteiger partial charge in [-0.15, -0.1) is 24.2 Å². The molecule has 3 N–H and O–H groups in total. The van der Waals surface area contributed by atoms with Crippen LogP contribution >= 0.6 is 24.2 Å². The van der Waals surface area contributed by atoms with Crippen LogP contribution in [-0.2, 0) is 4.79 Å². The maximum absolute atomic E-state index is 12.2. The Kier molecular flexibility index (Phi) is 6.10. The van der Waals surface area contributed by atoms with Crippen molar-refractivity contribution < 1.29 is 9.59 Å². The molecule has 0 radical (unpaired) electrons.